The Balaban J connectivity index is 2.28. The Morgan fingerprint density at radius 1 is 1.30 bits per heavy atom. The third-order valence-electron chi connectivity index (χ3n) is 3.01. The van der Waals surface area contributed by atoms with Crippen molar-refractivity contribution in [3.05, 3.63) is 75.1 Å². The molecule has 1 unspecified atom stereocenters. The SMILES string of the molecule is Cc1cc(F)cc(C(Cl)Cc2ccccc2[N+](=O)[O-])c1. The summed E-state index contributed by atoms with van der Waals surface area (Å²) < 4.78 is 13.4. The zero-order chi connectivity index (χ0) is 14.7. The number of aryl methyl sites for hydroxylation is 1. The first-order valence-corrected chi connectivity index (χ1v) is 6.54. The molecule has 2 aromatic rings. The van der Waals surface area contributed by atoms with Crippen LogP contribution in [-0.4, -0.2) is 4.92 Å². The highest BCUT2D eigenvalue weighted by molar-refractivity contribution is 6.21. The van der Waals surface area contributed by atoms with Gasteiger partial charge in [-0.25, -0.2) is 4.39 Å². The molecule has 20 heavy (non-hydrogen) atoms. The maximum absolute atomic E-state index is 13.4. The van der Waals surface area contributed by atoms with Crippen LogP contribution >= 0.6 is 11.6 Å². The number of alkyl halides is 1. The molecule has 0 bridgehead atoms. The summed E-state index contributed by atoms with van der Waals surface area (Å²) in [5.41, 5.74) is 1.97. The second-order valence-electron chi connectivity index (χ2n) is 4.62. The molecule has 0 aliphatic rings. The van der Waals surface area contributed by atoms with Gasteiger partial charge in [-0.05, 0) is 36.6 Å². The fraction of sp³-hybridized carbons (Fsp3) is 0.200. The fourth-order valence-electron chi connectivity index (χ4n) is 2.12. The number of hydrogen-bond acceptors (Lipinski definition) is 2. The summed E-state index contributed by atoms with van der Waals surface area (Å²) in [6.07, 6.45) is 0.279. The molecule has 3 nitrogen and oxygen atoms in total. The maximum Gasteiger partial charge on any atom is 0.272 e. The van der Waals surface area contributed by atoms with Crippen molar-refractivity contribution in [2.45, 2.75) is 18.7 Å². The molecule has 0 aromatic heterocycles. The summed E-state index contributed by atoms with van der Waals surface area (Å²) in [4.78, 5) is 10.5. The summed E-state index contributed by atoms with van der Waals surface area (Å²) in [6, 6.07) is 11.0. The number of nitro groups is 1. The summed E-state index contributed by atoms with van der Waals surface area (Å²) in [6.45, 7) is 1.78. The minimum absolute atomic E-state index is 0.0336. The molecule has 0 fully saturated rings. The van der Waals surface area contributed by atoms with Gasteiger partial charge in [-0.1, -0.05) is 24.3 Å². The molecule has 5 heteroatoms. The number of benzene rings is 2. The smallest absolute Gasteiger partial charge is 0.258 e. The molecule has 0 aliphatic heterocycles. The Labute approximate surface area is 121 Å². The van der Waals surface area contributed by atoms with Gasteiger partial charge < -0.3 is 0 Å². The number of halogens is 2. The third-order valence-corrected chi connectivity index (χ3v) is 3.42. The molecule has 1 atom stereocenters. The minimum atomic E-state index is -0.509. The van der Waals surface area contributed by atoms with Crippen LogP contribution < -0.4 is 0 Å². The summed E-state index contributed by atoms with van der Waals surface area (Å²) in [5.74, 6) is -0.354. The third kappa shape index (κ3) is 3.33. The van der Waals surface area contributed by atoms with Crippen LogP contribution in [0.1, 0.15) is 22.1 Å². The lowest BCUT2D eigenvalue weighted by atomic mass is 10.0. The lowest BCUT2D eigenvalue weighted by Gasteiger charge is -2.11. The number of para-hydroxylation sites is 1. The van der Waals surface area contributed by atoms with Gasteiger partial charge in [-0.2, -0.15) is 0 Å². The highest BCUT2D eigenvalue weighted by Gasteiger charge is 2.17. The Bertz CT molecular complexity index is 625. The van der Waals surface area contributed by atoms with E-state index in [1.54, 1.807) is 31.2 Å². The van der Waals surface area contributed by atoms with Gasteiger partial charge in [0.25, 0.3) is 5.69 Å². The zero-order valence-electron chi connectivity index (χ0n) is 10.8. The van der Waals surface area contributed by atoms with Gasteiger partial charge in [0.15, 0.2) is 0 Å². The number of nitrogens with zero attached hydrogens (tertiary/aromatic N) is 1. The standard InChI is InChI=1S/C15H13ClFNO2/c1-10-6-12(8-13(17)7-10)14(16)9-11-4-2-3-5-15(11)18(19)20/h2-8,14H,9H2,1H3. The van der Waals surface area contributed by atoms with E-state index in [4.69, 9.17) is 11.6 Å². The molecule has 0 saturated heterocycles. The van der Waals surface area contributed by atoms with Crippen molar-refractivity contribution in [1.82, 2.24) is 0 Å². The van der Waals surface area contributed by atoms with Crippen LogP contribution in [0.4, 0.5) is 10.1 Å². The van der Waals surface area contributed by atoms with Crippen molar-refractivity contribution in [3.63, 3.8) is 0 Å². The normalized spacial score (nSPS) is 12.2. The Hall–Kier alpha value is -1.94. The molecular weight excluding hydrogens is 281 g/mol. The lowest BCUT2D eigenvalue weighted by Crippen LogP contribution is -2.01. The highest BCUT2D eigenvalue weighted by Crippen LogP contribution is 2.30. The topological polar surface area (TPSA) is 43.1 Å². The van der Waals surface area contributed by atoms with Crippen LogP contribution in [0.15, 0.2) is 42.5 Å². The molecule has 0 heterocycles. The molecule has 0 amide bonds. The van der Waals surface area contributed by atoms with Crippen LogP contribution in [-0.2, 0) is 6.42 Å². The maximum atomic E-state index is 13.4. The zero-order valence-corrected chi connectivity index (χ0v) is 11.6. The Morgan fingerprint density at radius 2 is 2.00 bits per heavy atom. The van der Waals surface area contributed by atoms with Crippen LogP contribution in [0.25, 0.3) is 0 Å². The van der Waals surface area contributed by atoms with Crippen molar-refractivity contribution in [2.24, 2.45) is 0 Å². The quantitative estimate of drug-likeness (QED) is 0.471. The van der Waals surface area contributed by atoms with E-state index in [1.807, 2.05) is 0 Å². The van der Waals surface area contributed by atoms with Crippen molar-refractivity contribution in [3.8, 4) is 0 Å². The van der Waals surface area contributed by atoms with Crippen LogP contribution in [0.5, 0.6) is 0 Å². The van der Waals surface area contributed by atoms with E-state index in [0.29, 0.717) is 11.1 Å². The van der Waals surface area contributed by atoms with Crippen LogP contribution in [0, 0.1) is 22.9 Å². The first-order chi connectivity index (χ1) is 9.47. The Morgan fingerprint density at radius 3 is 2.65 bits per heavy atom. The van der Waals surface area contributed by atoms with E-state index in [9.17, 15) is 14.5 Å². The van der Waals surface area contributed by atoms with Crippen molar-refractivity contribution >= 4 is 17.3 Å². The molecule has 0 N–H and O–H groups in total. The van der Waals surface area contributed by atoms with E-state index < -0.39 is 10.3 Å². The van der Waals surface area contributed by atoms with E-state index in [2.05, 4.69) is 0 Å². The van der Waals surface area contributed by atoms with Crippen molar-refractivity contribution in [2.75, 3.05) is 0 Å². The number of rotatable bonds is 4. The van der Waals surface area contributed by atoms with E-state index in [0.717, 1.165) is 5.56 Å². The summed E-state index contributed by atoms with van der Waals surface area (Å²) in [7, 11) is 0. The molecular formula is C15H13ClFNO2. The highest BCUT2D eigenvalue weighted by atomic mass is 35.5. The number of hydrogen-bond donors (Lipinski definition) is 0. The summed E-state index contributed by atoms with van der Waals surface area (Å²) >= 11 is 6.27. The van der Waals surface area contributed by atoms with Gasteiger partial charge in [-0.3, -0.25) is 10.1 Å². The first kappa shape index (κ1) is 14.5. The van der Waals surface area contributed by atoms with Crippen molar-refractivity contribution in [1.29, 1.82) is 0 Å². The van der Waals surface area contributed by atoms with E-state index >= 15 is 0 Å². The molecule has 2 rings (SSSR count). The number of nitro benzene ring substituents is 1. The minimum Gasteiger partial charge on any atom is -0.258 e. The molecule has 2 aromatic carbocycles. The van der Waals surface area contributed by atoms with Gasteiger partial charge in [0.05, 0.1) is 10.3 Å². The molecule has 104 valence electrons. The average molecular weight is 294 g/mol. The Kier molecular flexibility index (Phi) is 4.35. The largest absolute Gasteiger partial charge is 0.272 e. The van der Waals surface area contributed by atoms with Gasteiger partial charge in [-0.15, -0.1) is 11.6 Å². The lowest BCUT2D eigenvalue weighted by molar-refractivity contribution is -0.385. The van der Waals surface area contributed by atoms with Crippen LogP contribution in [0.3, 0.4) is 0 Å². The van der Waals surface area contributed by atoms with Gasteiger partial charge in [0.1, 0.15) is 5.82 Å². The van der Waals surface area contributed by atoms with Gasteiger partial charge in [0, 0.05) is 11.6 Å². The van der Waals surface area contributed by atoms with Crippen LogP contribution in [0.2, 0.25) is 0 Å². The van der Waals surface area contributed by atoms with Crippen molar-refractivity contribution < 1.29 is 9.31 Å². The molecule has 0 spiro atoms. The second-order valence-corrected chi connectivity index (χ2v) is 5.15. The monoisotopic (exact) mass is 293 g/mol. The predicted molar refractivity (Wildman–Crippen MR) is 76.5 cm³/mol. The predicted octanol–water partition coefficient (Wildman–Crippen LogP) is 4.56. The molecule has 0 aliphatic carbocycles. The fourth-order valence-corrected chi connectivity index (χ4v) is 2.41. The molecule has 0 radical (unpaired) electrons. The van der Waals surface area contributed by atoms with E-state index in [-0.39, 0.29) is 17.9 Å². The first-order valence-electron chi connectivity index (χ1n) is 6.11. The second kappa shape index (κ2) is 6.01. The summed E-state index contributed by atoms with van der Waals surface area (Å²) in [5, 5.41) is 10.4. The van der Waals surface area contributed by atoms with Gasteiger partial charge >= 0.3 is 0 Å². The average Bonchev–Trinajstić information content (AvgIpc) is 2.37. The van der Waals surface area contributed by atoms with E-state index in [1.165, 1.54) is 18.2 Å². The van der Waals surface area contributed by atoms with Gasteiger partial charge in [0.2, 0.25) is 0 Å². The molecule has 0 saturated carbocycles.